The van der Waals surface area contributed by atoms with Crippen LogP contribution in [0.5, 0.6) is 11.5 Å². The standard InChI is InChI=1S/C30H26ClN3O5S2/c1-3-15-39-22-9-6-8-19(16-22)25-24(26(35)18-11-13-21(38-2)14-12-18)27(36)28(37)34(25)29-32-33-30(41-29)40-17-20-7-4-5-10-23(20)31/h4-14,16,25,35H,3,15,17H2,1-2H3/b26-24+. The van der Waals surface area contributed by atoms with Gasteiger partial charge in [0.2, 0.25) is 5.13 Å². The van der Waals surface area contributed by atoms with E-state index >= 15 is 0 Å². The molecular formula is C30H26ClN3O5S2. The Labute approximate surface area is 250 Å². The first-order chi connectivity index (χ1) is 19.9. The molecule has 1 aliphatic rings. The van der Waals surface area contributed by atoms with Gasteiger partial charge in [-0.05, 0) is 60.0 Å². The van der Waals surface area contributed by atoms with E-state index in [1.165, 1.54) is 35.1 Å². The SMILES string of the molecule is CCCOc1cccc(C2/C(=C(\O)c3ccc(OC)cc3)C(=O)C(=O)N2c2nnc(SCc3ccccc3Cl)s2)c1. The highest BCUT2D eigenvalue weighted by Crippen LogP contribution is 2.44. The van der Waals surface area contributed by atoms with Gasteiger partial charge in [0.1, 0.15) is 17.3 Å². The number of aliphatic hydroxyl groups excluding tert-OH is 1. The van der Waals surface area contributed by atoms with Gasteiger partial charge >= 0.3 is 5.91 Å². The zero-order valence-electron chi connectivity index (χ0n) is 22.2. The Kier molecular flexibility index (Phi) is 8.92. The molecule has 1 aliphatic heterocycles. The molecule has 1 amide bonds. The number of Topliss-reactive ketones (excluding diaryl/α,β-unsaturated/α-hetero) is 1. The monoisotopic (exact) mass is 607 g/mol. The lowest BCUT2D eigenvalue weighted by atomic mass is 9.95. The largest absolute Gasteiger partial charge is 0.507 e. The molecule has 41 heavy (non-hydrogen) atoms. The summed E-state index contributed by atoms with van der Waals surface area (Å²) in [6, 6.07) is 20.4. The highest BCUT2D eigenvalue weighted by Gasteiger charge is 2.48. The first-order valence-electron chi connectivity index (χ1n) is 12.8. The van der Waals surface area contributed by atoms with Crippen LogP contribution >= 0.6 is 34.7 Å². The van der Waals surface area contributed by atoms with Gasteiger partial charge in [0.25, 0.3) is 5.78 Å². The molecule has 1 fully saturated rings. The predicted molar refractivity (Wildman–Crippen MR) is 161 cm³/mol. The average Bonchev–Trinajstić information content (AvgIpc) is 3.57. The van der Waals surface area contributed by atoms with Gasteiger partial charge in [-0.3, -0.25) is 14.5 Å². The summed E-state index contributed by atoms with van der Waals surface area (Å²) in [6.45, 7) is 2.52. The number of thioether (sulfide) groups is 1. The van der Waals surface area contributed by atoms with Crippen LogP contribution in [0.3, 0.4) is 0 Å². The molecule has 8 nitrogen and oxygen atoms in total. The van der Waals surface area contributed by atoms with Crippen LogP contribution in [0, 0.1) is 0 Å². The third-order valence-electron chi connectivity index (χ3n) is 6.37. The third-order valence-corrected chi connectivity index (χ3v) is 8.84. The fraction of sp³-hybridized carbons (Fsp3) is 0.200. The fourth-order valence-electron chi connectivity index (χ4n) is 4.36. The molecule has 1 unspecified atom stereocenters. The van der Waals surface area contributed by atoms with Crippen LogP contribution < -0.4 is 14.4 Å². The van der Waals surface area contributed by atoms with Gasteiger partial charge in [-0.25, -0.2) is 0 Å². The minimum absolute atomic E-state index is 0.0479. The molecular weight excluding hydrogens is 582 g/mol. The van der Waals surface area contributed by atoms with Crippen molar-refractivity contribution in [3.8, 4) is 11.5 Å². The molecule has 0 spiro atoms. The number of halogens is 1. The number of carbonyl (C=O) groups is 2. The molecule has 3 aromatic carbocycles. The number of aliphatic hydroxyl groups is 1. The highest BCUT2D eigenvalue weighted by atomic mass is 35.5. The predicted octanol–water partition coefficient (Wildman–Crippen LogP) is 6.91. The second kappa shape index (κ2) is 12.8. The van der Waals surface area contributed by atoms with Crippen LogP contribution in [-0.2, 0) is 15.3 Å². The van der Waals surface area contributed by atoms with E-state index in [-0.39, 0.29) is 16.5 Å². The molecule has 2 heterocycles. The number of ketones is 1. The summed E-state index contributed by atoms with van der Waals surface area (Å²) in [5, 5.41) is 20.8. The summed E-state index contributed by atoms with van der Waals surface area (Å²) < 4.78 is 11.6. The number of nitrogens with zero attached hydrogens (tertiary/aromatic N) is 3. The van der Waals surface area contributed by atoms with Gasteiger partial charge in [0.15, 0.2) is 4.34 Å². The molecule has 210 valence electrons. The van der Waals surface area contributed by atoms with Crippen LogP contribution in [0.2, 0.25) is 5.02 Å². The van der Waals surface area contributed by atoms with Crippen LogP contribution in [0.1, 0.15) is 36.1 Å². The molecule has 1 N–H and O–H groups in total. The van der Waals surface area contributed by atoms with Crippen molar-refractivity contribution >= 4 is 57.3 Å². The van der Waals surface area contributed by atoms with Crippen molar-refractivity contribution in [2.24, 2.45) is 0 Å². The van der Waals surface area contributed by atoms with Crippen molar-refractivity contribution in [1.29, 1.82) is 0 Å². The van der Waals surface area contributed by atoms with Gasteiger partial charge in [0.05, 0.1) is 25.3 Å². The molecule has 0 radical (unpaired) electrons. The lowest BCUT2D eigenvalue weighted by molar-refractivity contribution is -0.132. The molecule has 0 saturated carbocycles. The van der Waals surface area contributed by atoms with Gasteiger partial charge in [0, 0.05) is 16.3 Å². The highest BCUT2D eigenvalue weighted by molar-refractivity contribution is 8.00. The Bertz CT molecular complexity index is 1610. The molecule has 1 atom stereocenters. The van der Waals surface area contributed by atoms with Crippen LogP contribution in [-0.4, -0.2) is 40.7 Å². The maximum atomic E-state index is 13.5. The molecule has 0 aliphatic carbocycles. The number of methoxy groups -OCH3 is 1. The van der Waals surface area contributed by atoms with Gasteiger partial charge < -0.3 is 14.6 Å². The van der Waals surface area contributed by atoms with Crippen molar-refractivity contribution in [3.63, 3.8) is 0 Å². The smallest absolute Gasteiger partial charge is 0.301 e. The van der Waals surface area contributed by atoms with Crippen molar-refractivity contribution in [2.45, 2.75) is 29.5 Å². The minimum Gasteiger partial charge on any atom is -0.507 e. The van der Waals surface area contributed by atoms with E-state index in [9.17, 15) is 14.7 Å². The summed E-state index contributed by atoms with van der Waals surface area (Å²) in [6.07, 6.45) is 0.819. The van der Waals surface area contributed by atoms with Gasteiger partial charge in [-0.1, -0.05) is 72.0 Å². The molecule has 5 rings (SSSR count). The number of carbonyl (C=O) groups excluding carboxylic acids is 2. The first kappa shape index (κ1) is 28.7. The van der Waals surface area contributed by atoms with E-state index in [0.717, 1.165) is 12.0 Å². The van der Waals surface area contributed by atoms with Crippen LogP contribution in [0.15, 0.2) is 82.7 Å². The number of aromatic nitrogens is 2. The van der Waals surface area contributed by atoms with E-state index in [2.05, 4.69) is 10.2 Å². The van der Waals surface area contributed by atoms with E-state index in [1.54, 1.807) is 42.5 Å². The molecule has 1 saturated heterocycles. The van der Waals surface area contributed by atoms with Crippen molar-refractivity contribution in [2.75, 3.05) is 18.6 Å². The van der Waals surface area contributed by atoms with E-state index in [1.807, 2.05) is 37.3 Å². The lowest BCUT2D eigenvalue weighted by Gasteiger charge is -2.23. The minimum atomic E-state index is -0.948. The topological polar surface area (TPSA) is 102 Å². The number of benzene rings is 3. The molecule has 11 heteroatoms. The van der Waals surface area contributed by atoms with Crippen molar-refractivity contribution < 1.29 is 24.2 Å². The maximum absolute atomic E-state index is 13.5. The number of hydrogen-bond acceptors (Lipinski definition) is 9. The van der Waals surface area contributed by atoms with Crippen LogP contribution in [0.4, 0.5) is 5.13 Å². The Morgan fingerprint density at radius 3 is 2.56 bits per heavy atom. The fourth-order valence-corrected chi connectivity index (χ4v) is 6.51. The van der Waals surface area contributed by atoms with Gasteiger partial charge in [-0.2, -0.15) is 0 Å². The average molecular weight is 608 g/mol. The second-order valence-corrected chi connectivity index (χ2v) is 11.6. The normalized spacial score (nSPS) is 16.3. The molecule has 1 aromatic heterocycles. The van der Waals surface area contributed by atoms with E-state index < -0.39 is 17.7 Å². The number of anilines is 1. The van der Waals surface area contributed by atoms with Crippen LogP contribution in [0.25, 0.3) is 5.76 Å². The Balaban J connectivity index is 1.55. The zero-order chi connectivity index (χ0) is 28.9. The summed E-state index contributed by atoms with van der Waals surface area (Å²) in [4.78, 5) is 28.3. The number of hydrogen-bond donors (Lipinski definition) is 1. The molecule has 0 bridgehead atoms. The molecule has 4 aromatic rings. The lowest BCUT2D eigenvalue weighted by Crippen LogP contribution is -2.29. The zero-order valence-corrected chi connectivity index (χ0v) is 24.6. The summed E-state index contributed by atoms with van der Waals surface area (Å²) >= 11 is 8.92. The van der Waals surface area contributed by atoms with Gasteiger partial charge in [-0.15, -0.1) is 10.2 Å². The Morgan fingerprint density at radius 1 is 1.05 bits per heavy atom. The summed E-state index contributed by atoms with van der Waals surface area (Å²) in [5.74, 6) is -0.170. The second-order valence-electron chi connectivity index (χ2n) is 9.05. The van der Waals surface area contributed by atoms with E-state index in [4.69, 9.17) is 21.1 Å². The number of ether oxygens (including phenoxy) is 2. The third kappa shape index (κ3) is 6.09. The summed E-state index contributed by atoms with van der Waals surface area (Å²) in [7, 11) is 1.54. The quantitative estimate of drug-likeness (QED) is 0.0682. The summed E-state index contributed by atoms with van der Waals surface area (Å²) in [5.41, 5.74) is 1.86. The Morgan fingerprint density at radius 2 is 1.83 bits per heavy atom. The first-order valence-corrected chi connectivity index (χ1v) is 15.0. The van der Waals surface area contributed by atoms with Crippen molar-refractivity contribution in [1.82, 2.24) is 10.2 Å². The number of amides is 1. The van der Waals surface area contributed by atoms with Crippen molar-refractivity contribution in [3.05, 3.63) is 100 Å². The van der Waals surface area contributed by atoms with E-state index in [0.29, 0.717) is 44.3 Å². The maximum Gasteiger partial charge on any atom is 0.301 e. The number of rotatable bonds is 10. The Hall–Kier alpha value is -3.86.